The van der Waals surface area contributed by atoms with E-state index in [0.717, 1.165) is 5.56 Å². The number of nitrogens with zero attached hydrogens (tertiary/aromatic N) is 1. The summed E-state index contributed by atoms with van der Waals surface area (Å²) in [5, 5.41) is 3.96. The third-order valence-electron chi connectivity index (χ3n) is 5.18. The highest BCUT2D eigenvalue weighted by molar-refractivity contribution is 7.89. The Balaban J connectivity index is 1.69. The third kappa shape index (κ3) is 8.16. The average molecular weight is 525 g/mol. The number of sulfonamides is 1. The summed E-state index contributed by atoms with van der Waals surface area (Å²) in [4.78, 5) is 23.7. The van der Waals surface area contributed by atoms with Gasteiger partial charge in [0.05, 0.1) is 24.3 Å². The molecular formula is C26H28N4O6S. The van der Waals surface area contributed by atoms with Crippen molar-refractivity contribution in [3.8, 4) is 11.5 Å². The number of hydrazone groups is 1. The first-order valence-corrected chi connectivity index (χ1v) is 12.7. The molecule has 0 bridgehead atoms. The van der Waals surface area contributed by atoms with Crippen LogP contribution >= 0.6 is 0 Å². The van der Waals surface area contributed by atoms with E-state index in [1.54, 1.807) is 60.7 Å². The number of amides is 2. The highest BCUT2D eigenvalue weighted by atomic mass is 32.2. The lowest BCUT2D eigenvalue weighted by atomic mass is 10.0. The van der Waals surface area contributed by atoms with Crippen LogP contribution in [-0.2, 0) is 19.6 Å². The van der Waals surface area contributed by atoms with Crippen molar-refractivity contribution in [1.82, 2.24) is 10.1 Å². The van der Waals surface area contributed by atoms with Gasteiger partial charge in [-0.15, -0.1) is 0 Å². The molecule has 0 aliphatic carbocycles. The summed E-state index contributed by atoms with van der Waals surface area (Å²) >= 11 is 0. The van der Waals surface area contributed by atoms with Crippen LogP contribution in [0.4, 0.5) is 0 Å². The fourth-order valence-corrected chi connectivity index (χ4v) is 4.55. The Hall–Kier alpha value is -4.22. The normalized spacial score (nSPS) is 12.2. The summed E-state index contributed by atoms with van der Waals surface area (Å²) in [7, 11) is -2.44. The van der Waals surface area contributed by atoms with E-state index < -0.39 is 27.9 Å². The van der Waals surface area contributed by atoms with E-state index in [0.29, 0.717) is 22.6 Å². The zero-order chi connectivity index (χ0) is 26.8. The molecule has 0 radical (unpaired) electrons. The molecule has 0 unspecified atom stereocenters. The molecule has 3 rings (SSSR count). The number of carbonyl (C=O) groups excluding carboxylic acids is 2. The van der Waals surface area contributed by atoms with E-state index in [2.05, 4.69) is 15.2 Å². The summed E-state index contributed by atoms with van der Waals surface area (Å²) in [6, 6.07) is 19.3. The maximum Gasteiger partial charge on any atom is 0.255 e. The topological polar surface area (TPSA) is 149 Å². The molecule has 3 aromatic rings. The first kappa shape index (κ1) is 27.4. The number of rotatable bonds is 12. The Morgan fingerprint density at radius 3 is 2.38 bits per heavy atom. The van der Waals surface area contributed by atoms with Crippen molar-refractivity contribution in [2.24, 2.45) is 10.8 Å². The number of aryl methyl sites for hydroxylation is 1. The Morgan fingerprint density at radius 2 is 1.73 bits per heavy atom. The number of hydrogen-bond acceptors (Lipinski definition) is 7. The molecule has 0 aliphatic heterocycles. The number of methoxy groups -OCH3 is 1. The average Bonchev–Trinajstić information content (AvgIpc) is 2.88. The van der Waals surface area contributed by atoms with E-state index in [-0.39, 0.29) is 17.9 Å². The van der Waals surface area contributed by atoms with Crippen molar-refractivity contribution >= 4 is 28.1 Å². The van der Waals surface area contributed by atoms with Gasteiger partial charge in [-0.2, -0.15) is 5.10 Å². The second-order valence-corrected chi connectivity index (χ2v) is 9.77. The van der Waals surface area contributed by atoms with Gasteiger partial charge in [-0.05, 0) is 48.4 Å². The van der Waals surface area contributed by atoms with Crippen molar-refractivity contribution in [1.29, 1.82) is 0 Å². The molecule has 0 saturated carbocycles. The summed E-state index contributed by atoms with van der Waals surface area (Å²) < 4.78 is 39.1. The smallest absolute Gasteiger partial charge is 0.255 e. The van der Waals surface area contributed by atoms with E-state index in [4.69, 9.17) is 15.2 Å². The second-order valence-electron chi connectivity index (χ2n) is 8.06. The molecule has 4 N–H and O–H groups in total. The van der Waals surface area contributed by atoms with E-state index >= 15 is 0 Å². The summed E-state index contributed by atoms with van der Waals surface area (Å²) in [5.41, 5.74) is 9.66. The lowest BCUT2D eigenvalue weighted by Crippen LogP contribution is -2.32. The molecule has 0 spiro atoms. The molecule has 2 amide bonds. The van der Waals surface area contributed by atoms with Crippen LogP contribution in [0.25, 0.3) is 0 Å². The Kier molecular flexibility index (Phi) is 9.36. The number of benzene rings is 3. The van der Waals surface area contributed by atoms with Gasteiger partial charge >= 0.3 is 0 Å². The molecule has 0 saturated heterocycles. The molecule has 11 heteroatoms. The number of carbonyl (C=O) groups is 2. The van der Waals surface area contributed by atoms with Gasteiger partial charge in [-0.3, -0.25) is 9.59 Å². The van der Waals surface area contributed by atoms with Crippen LogP contribution < -0.4 is 25.4 Å². The Labute approximate surface area is 215 Å². The highest BCUT2D eigenvalue weighted by Crippen LogP contribution is 2.27. The minimum Gasteiger partial charge on any atom is -0.493 e. The van der Waals surface area contributed by atoms with Gasteiger partial charge in [0.15, 0.2) is 18.1 Å². The molecule has 3 aromatic carbocycles. The van der Waals surface area contributed by atoms with Gasteiger partial charge in [0.2, 0.25) is 15.9 Å². The molecule has 10 nitrogen and oxygen atoms in total. The van der Waals surface area contributed by atoms with Crippen LogP contribution in [0.5, 0.6) is 11.5 Å². The molecule has 0 aliphatic rings. The predicted octanol–water partition coefficient (Wildman–Crippen LogP) is 2.43. The number of nitrogens with one attached hydrogen (secondary N) is 2. The van der Waals surface area contributed by atoms with Gasteiger partial charge < -0.3 is 15.2 Å². The SMILES string of the molecule is COc1cc(/C=N\NC(=O)C[C@@H](NS(=O)(=O)c2ccc(C)cc2)c2ccccc2)ccc1OCC(N)=O. The van der Waals surface area contributed by atoms with Crippen LogP contribution in [0.3, 0.4) is 0 Å². The molecule has 1 atom stereocenters. The minimum absolute atomic E-state index is 0.106. The van der Waals surface area contributed by atoms with Crippen molar-refractivity contribution in [3.05, 3.63) is 89.5 Å². The van der Waals surface area contributed by atoms with Crippen LogP contribution in [-0.4, -0.2) is 40.2 Å². The van der Waals surface area contributed by atoms with Crippen molar-refractivity contribution in [2.75, 3.05) is 13.7 Å². The molecule has 0 fully saturated rings. The molecule has 0 heterocycles. The molecular weight excluding hydrogens is 496 g/mol. The standard InChI is InChI=1S/C26H28N4O6S/c1-18-8-11-21(12-9-18)37(33,34)30-22(20-6-4-3-5-7-20)15-26(32)29-28-16-19-10-13-23(24(14-19)35-2)36-17-25(27)31/h3-14,16,22,30H,15,17H2,1-2H3,(H2,27,31)(H,29,32)/b28-16-/t22-/m1/s1. The van der Waals surface area contributed by atoms with E-state index in [9.17, 15) is 18.0 Å². The zero-order valence-corrected chi connectivity index (χ0v) is 21.2. The third-order valence-corrected chi connectivity index (χ3v) is 6.67. The molecule has 37 heavy (non-hydrogen) atoms. The van der Waals surface area contributed by atoms with Crippen molar-refractivity contribution < 1.29 is 27.5 Å². The number of primary amides is 1. The quantitative estimate of drug-likeness (QED) is 0.245. The minimum atomic E-state index is -3.88. The van der Waals surface area contributed by atoms with Crippen LogP contribution in [0, 0.1) is 6.92 Å². The zero-order valence-electron chi connectivity index (χ0n) is 20.4. The Bertz CT molecular complexity index is 1360. The fourth-order valence-electron chi connectivity index (χ4n) is 3.33. The largest absolute Gasteiger partial charge is 0.493 e. The number of hydrogen-bond donors (Lipinski definition) is 3. The summed E-state index contributed by atoms with van der Waals surface area (Å²) in [6.45, 7) is 1.57. The summed E-state index contributed by atoms with van der Waals surface area (Å²) in [6.07, 6.45) is 1.21. The fraction of sp³-hybridized carbons (Fsp3) is 0.192. The maximum absolute atomic E-state index is 13.0. The van der Waals surface area contributed by atoms with Crippen molar-refractivity contribution in [3.63, 3.8) is 0 Å². The lowest BCUT2D eigenvalue weighted by molar-refractivity contribution is -0.121. The highest BCUT2D eigenvalue weighted by Gasteiger charge is 2.23. The van der Waals surface area contributed by atoms with Crippen LogP contribution in [0.15, 0.2) is 82.8 Å². The Morgan fingerprint density at radius 1 is 1.03 bits per heavy atom. The second kappa shape index (κ2) is 12.7. The van der Waals surface area contributed by atoms with Gasteiger partial charge in [0.25, 0.3) is 5.91 Å². The van der Waals surface area contributed by atoms with Crippen LogP contribution in [0.2, 0.25) is 0 Å². The first-order valence-electron chi connectivity index (χ1n) is 11.2. The van der Waals surface area contributed by atoms with Crippen LogP contribution in [0.1, 0.15) is 29.2 Å². The number of nitrogens with two attached hydrogens (primary N) is 1. The summed E-state index contributed by atoms with van der Waals surface area (Å²) in [5.74, 6) is -0.435. The predicted molar refractivity (Wildman–Crippen MR) is 139 cm³/mol. The van der Waals surface area contributed by atoms with Gasteiger partial charge in [0.1, 0.15) is 0 Å². The van der Waals surface area contributed by atoms with Crippen molar-refractivity contribution in [2.45, 2.75) is 24.3 Å². The number of ether oxygens (including phenoxy) is 2. The lowest BCUT2D eigenvalue weighted by Gasteiger charge is -2.18. The molecule has 194 valence electrons. The monoisotopic (exact) mass is 524 g/mol. The maximum atomic E-state index is 13.0. The van der Waals surface area contributed by atoms with Gasteiger partial charge in [0, 0.05) is 6.42 Å². The van der Waals surface area contributed by atoms with Gasteiger partial charge in [-0.25, -0.2) is 18.6 Å². The van der Waals surface area contributed by atoms with E-state index in [1.807, 2.05) is 6.92 Å². The van der Waals surface area contributed by atoms with Gasteiger partial charge in [-0.1, -0.05) is 48.0 Å². The molecule has 0 aromatic heterocycles. The first-order chi connectivity index (χ1) is 17.7. The van der Waals surface area contributed by atoms with E-state index in [1.165, 1.54) is 25.5 Å².